The van der Waals surface area contributed by atoms with Crippen molar-refractivity contribution in [2.45, 2.75) is 26.8 Å². The van der Waals surface area contributed by atoms with Crippen LogP contribution in [0.4, 0.5) is 11.4 Å². The minimum Gasteiger partial charge on any atom is -0.493 e. The van der Waals surface area contributed by atoms with E-state index in [-0.39, 0.29) is 27.2 Å². The first kappa shape index (κ1) is 26.2. The number of ether oxygens (including phenoxy) is 4. The van der Waals surface area contributed by atoms with Crippen molar-refractivity contribution in [2.75, 3.05) is 32.8 Å². The van der Waals surface area contributed by atoms with Crippen molar-refractivity contribution in [3.05, 3.63) is 34.3 Å². The van der Waals surface area contributed by atoms with Gasteiger partial charge in [-0.05, 0) is 39.0 Å². The van der Waals surface area contributed by atoms with Gasteiger partial charge in [-0.25, -0.2) is 0 Å². The van der Waals surface area contributed by atoms with Crippen LogP contribution in [0.2, 0.25) is 10.0 Å². The number of anilines is 1. The average Bonchev–Trinajstić information content (AvgIpc) is 2.77. The molecule has 0 saturated carbocycles. The summed E-state index contributed by atoms with van der Waals surface area (Å²) in [5.74, 6) is 0.144. The molecule has 0 spiro atoms. The SMILES string of the molecule is CCOc1cc(OCC)c(N=NC(C(C)=O)C(=O)Nc2ccc(OC)c(OC)c2Cl)cc1Cl. The van der Waals surface area contributed by atoms with E-state index in [9.17, 15) is 9.59 Å². The molecule has 0 radical (unpaired) electrons. The van der Waals surface area contributed by atoms with E-state index in [0.717, 1.165) is 0 Å². The summed E-state index contributed by atoms with van der Waals surface area (Å²) in [7, 11) is 2.88. The molecule has 0 aliphatic rings. The molecule has 0 aromatic heterocycles. The zero-order valence-corrected chi connectivity index (χ0v) is 20.4. The van der Waals surface area contributed by atoms with Crippen LogP contribution in [0.3, 0.4) is 0 Å². The topological polar surface area (TPSA) is 108 Å². The van der Waals surface area contributed by atoms with Crippen LogP contribution in [0, 0.1) is 0 Å². The number of hydrogen-bond donors (Lipinski definition) is 1. The van der Waals surface area contributed by atoms with Gasteiger partial charge in [-0.1, -0.05) is 23.2 Å². The summed E-state index contributed by atoms with van der Waals surface area (Å²) in [6.45, 7) is 5.62. The molecule has 0 aliphatic heterocycles. The van der Waals surface area contributed by atoms with Gasteiger partial charge in [-0.15, -0.1) is 0 Å². The first-order valence-electron chi connectivity index (χ1n) is 9.99. The third kappa shape index (κ3) is 6.49. The lowest BCUT2D eigenvalue weighted by molar-refractivity contribution is -0.126. The summed E-state index contributed by atoms with van der Waals surface area (Å²) >= 11 is 12.5. The number of halogens is 2. The second kappa shape index (κ2) is 12.3. The van der Waals surface area contributed by atoms with E-state index in [2.05, 4.69) is 15.5 Å². The molecular weight excluding hydrogens is 473 g/mol. The van der Waals surface area contributed by atoms with E-state index < -0.39 is 17.7 Å². The van der Waals surface area contributed by atoms with Crippen LogP contribution in [0.15, 0.2) is 34.5 Å². The molecule has 0 heterocycles. The lowest BCUT2D eigenvalue weighted by atomic mass is 10.2. The predicted octanol–water partition coefficient (Wildman–Crippen LogP) is 5.49. The van der Waals surface area contributed by atoms with Crippen molar-refractivity contribution >= 4 is 46.3 Å². The minimum atomic E-state index is -1.44. The normalized spacial score (nSPS) is 11.7. The summed E-state index contributed by atoms with van der Waals surface area (Å²) in [4.78, 5) is 25.0. The number of ketones is 1. The van der Waals surface area contributed by atoms with Gasteiger partial charge in [0.25, 0.3) is 5.91 Å². The van der Waals surface area contributed by atoms with Crippen LogP contribution in [-0.4, -0.2) is 45.2 Å². The van der Waals surface area contributed by atoms with Crippen molar-refractivity contribution in [2.24, 2.45) is 10.2 Å². The van der Waals surface area contributed by atoms with Crippen LogP contribution in [-0.2, 0) is 9.59 Å². The fourth-order valence-electron chi connectivity index (χ4n) is 2.76. The smallest absolute Gasteiger partial charge is 0.258 e. The van der Waals surface area contributed by atoms with Crippen molar-refractivity contribution < 1.29 is 28.5 Å². The maximum atomic E-state index is 12.8. The van der Waals surface area contributed by atoms with E-state index in [0.29, 0.717) is 30.5 Å². The molecule has 9 nitrogen and oxygen atoms in total. The highest BCUT2D eigenvalue weighted by molar-refractivity contribution is 6.35. The second-order valence-electron chi connectivity index (χ2n) is 6.50. The van der Waals surface area contributed by atoms with E-state index in [1.165, 1.54) is 33.3 Å². The van der Waals surface area contributed by atoms with Gasteiger partial charge in [0.05, 0.1) is 38.1 Å². The predicted molar refractivity (Wildman–Crippen MR) is 126 cm³/mol. The summed E-state index contributed by atoms with van der Waals surface area (Å²) < 4.78 is 21.4. The van der Waals surface area contributed by atoms with Crippen LogP contribution in [0.5, 0.6) is 23.0 Å². The number of Topliss-reactive ketones (excluding diaryl/α,β-unsaturated/α-hetero) is 1. The Hall–Kier alpha value is -3.04. The van der Waals surface area contributed by atoms with Crippen LogP contribution < -0.4 is 24.3 Å². The van der Waals surface area contributed by atoms with Crippen molar-refractivity contribution in [1.29, 1.82) is 0 Å². The van der Waals surface area contributed by atoms with Crippen molar-refractivity contribution in [3.8, 4) is 23.0 Å². The average molecular weight is 498 g/mol. The highest BCUT2D eigenvalue weighted by Gasteiger charge is 2.25. The lowest BCUT2D eigenvalue weighted by Gasteiger charge is -2.15. The molecule has 11 heteroatoms. The fourth-order valence-corrected chi connectivity index (χ4v) is 3.26. The van der Waals surface area contributed by atoms with Crippen molar-refractivity contribution in [3.63, 3.8) is 0 Å². The molecule has 0 fully saturated rings. The number of nitrogens with zero attached hydrogens (tertiary/aromatic N) is 2. The molecule has 178 valence electrons. The molecule has 33 heavy (non-hydrogen) atoms. The summed E-state index contributed by atoms with van der Waals surface area (Å²) in [6, 6.07) is 4.72. The Morgan fingerprint density at radius 2 is 1.67 bits per heavy atom. The standard InChI is InChI=1S/C22H25Cl2N3O6/c1-6-32-17-11-18(33-7-2)15(10-13(17)23)26-27-20(12(3)28)22(29)25-14-8-9-16(30-4)21(31-5)19(14)24/h8-11,20H,6-7H2,1-5H3,(H,25,29). The highest BCUT2D eigenvalue weighted by Crippen LogP contribution is 2.40. The number of hydrogen-bond acceptors (Lipinski definition) is 8. The zero-order valence-electron chi connectivity index (χ0n) is 18.9. The number of azo groups is 1. The Labute approximate surface area is 202 Å². The highest BCUT2D eigenvalue weighted by atomic mass is 35.5. The van der Waals surface area contributed by atoms with Crippen LogP contribution >= 0.6 is 23.2 Å². The van der Waals surface area contributed by atoms with Gasteiger partial charge in [0, 0.05) is 6.07 Å². The van der Waals surface area contributed by atoms with E-state index in [1.807, 2.05) is 6.92 Å². The Bertz CT molecular complexity index is 1050. The Balaban J connectivity index is 2.34. The molecule has 1 N–H and O–H groups in total. The van der Waals surface area contributed by atoms with E-state index in [1.54, 1.807) is 19.1 Å². The van der Waals surface area contributed by atoms with Gasteiger partial charge in [-0.2, -0.15) is 10.2 Å². The van der Waals surface area contributed by atoms with Gasteiger partial charge >= 0.3 is 0 Å². The summed E-state index contributed by atoms with van der Waals surface area (Å²) in [5, 5.41) is 11.0. The van der Waals surface area contributed by atoms with Gasteiger partial charge in [0.15, 0.2) is 23.0 Å². The molecule has 0 saturated heterocycles. The molecule has 2 aromatic rings. The van der Waals surface area contributed by atoms with Gasteiger partial charge < -0.3 is 24.3 Å². The molecule has 2 rings (SSSR count). The Morgan fingerprint density at radius 1 is 1.00 bits per heavy atom. The number of benzene rings is 2. The van der Waals surface area contributed by atoms with Gasteiger partial charge in [0.2, 0.25) is 6.04 Å². The Morgan fingerprint density at radius 3 is 2.24 bits per heavy atom. The molecular formula is C22H25Cl2N3O6. The molecule has 1 amide bonds. The zero-order chi connectivity index (χ0) is 24.5. The van der Waals surface area contributed by atoms with Gasteiger partial charge in [0.1, 0.15) is 16.5 Å². The first-order chi connectivity index (χ1) is 15.8. The molecule has 0 aliphatic carbocycles. The maximum Gasteiger partial charge on any atom is 0.258 e. The monoisotopic (exact) mass is 497 g/mol. The summed E-state index contributed by atoms with van der Waals surface area (Å²) in [5.41, 5.74) is 0.466. The number of methoxy groups -OCH3 is 2. The number of carbonyl (C=O) groups is 2. The molecule has 1 atom stereocenters. The molecule has 1 unspecified atom stereocenters. The van der Waals surface area contributed by atoms with Gasteiger partial charge in [-0.3, -0.25) is 9.59 Å². The van der Waals surface area contributed by atoms with Crippen molar-refractivity contribution in [1.82, 2.24) is 0 Å². The Kier molecular flexibility index (Phi) is 9.74. The number of rotatable bonds is 11. The third-order valence-corrected chi connectivity index (χ3v) is 4.94. The quantitative estimate of drug-likeness (QED) is 0.324. The molecule has 0 bridgehead atoms. The lowest BCUT2D eigenvalue weighted by Crippen LogP contribution is -2.32. The molecule has 2 aromatic carbocycles. The minimum absolute atomic E-state index is 0.112. The van der Waals surface area contributed by atoms with Crippen LogP contribution in [0.1, 0.15) is 20.8 Å². The largest absolute Gasteiger partial charge is 0.493 e. The number of amides is 1. The van der Waals surface area contributed by atoms with Crippen LogP contribution in [0.25, 0.3) is 0 Å². The second-order valence-corrected chi connectivity index (χ2v) is 7.28. The third-order valence-electron chi connectivity index (χ3n) is 4.27. The number of carbonyl (C=O) groups excluding carboxylic acids is 2. The van der Waals surface area contributed by atoms with E-state index in [4.69, 9.17) is 42.1 Å². The first-order valence-corrected chi connectivity index (χ1v) is 10.7. The summed E-state index contributed by atoms with van der Waals surface area (Å²) in [6.07, 6.45) is 0. The fraction of sp³-hybridized carbons (Fsp3) is 0.364. The number of nitrogens with one attached hydrogen (secondary N) is 1. The van der Waals surface area contributed by atoms with E-state index >= 15 is 0 Å². The maximum absolute atomic E-state index is 12.8.